The molecule has 0 bridgehead atoms. The molecule has 0 amide bonds. The molecule has 2 N–H and O–H groups in total. The minimum absolute atomic E-state index is 0.109. The highest BCUT2D eigenvalue weighted by Crippen LogP contribution is 2.14. The van der Waals surface area contributed by atoms with Gasteiger partial charge in [-0.25, -0.2) is 14.0 Å². The van der Waals surface area contributed by atoms with Gasteiger partial charge in [-0.05, 0) is 35.9 Å². The second-order valence-corrected chi connectivity index (χ2v) is 4.68. The molecule has 1 aromatic heterocycles. The van der Waals surface area contributed by atoms with E-state index in [-0.39, 0.29) is 23.6 Å². The molecular weight excluding hydrogens is 275 g/mol. The number of aromatic amines is 1. The van der Waals surface area contributed by atoms with Gasteiger partial charge in [-0.3, -0.25) is 4.57 Å². The van der Waals surface area contributed by atoms with Crippen molar-refractivity contribution in [1.82, 2.24) is 9.55 Å². The number of H-pyrrole nitrogens is 1. The number of nitrogens with zero attached hydrogens (tertiary/aromatic N) is 1. The molecule has 0 aliphatic heterocycles. The SMILES string of the molecule is O=C(O)c1ccc2c(c1)[nH]c(=O)n2Cc1ccc(F)cc1. The fourth-order valence-electron chi connectivity index (χ4n) is 2.23. The van der Waals surface area contributed by atoms with Crippen molar-refractivity contribution in [3.05, 3.63) is 69.9 Å². The average molecular weight is 286 g/mol. The number of carboxylic acids is 1. The summed E-state index contributed by atoms with van der Waals surface area (Å²) in [6, 6.07) is 10.3. The number of fused-ring (bicyclic) bond motifs is 1. The summed E-state index contributed by atoms with van der Waals surface area (Å²) in [5, 5.41) is 8.95. The smallest absolute Gasteiger partial charge is 0.335 e. The van der Waals surface area contributed by atoms with Crippen LogP contribution in [0.3, 0.4) is 0 Å². The van der Waals surface area contributed by atoms with Crippen LogP contribution in [0.4, 0.5) is 4.39 Å². The summed E-state index contributed by atoms with van der Waals surface area (Å²) >= 11 is 0. The average Bonchev–Trinajstić information content (AvgIpc) is 2.76. The lowest BCUT2D eigenvalue weighted by atomic mass is 10.2. The van der Waals surface area contributed by atoms with E-state index in [2.05, 4.69) is 4.98 Å². The Hall–Kier alpha value is -2.89. The third-order valence-corrected chi connectivity index (χ3v) is 3.27. The molecule has 0 aliphatic carbocycles. The normalized spacial score (nSPS) is 10.9. The number of carbonyl (C=O) groups is 1. The van der Waals surface area contributed by atoms with Crippen molar-refractivity contribution in [2.24, 2.45) is 0 Å². The lowest BCUT2D eigenvalue weighted by Crippen LogP contribution is -2.17. The molecule has 5 nitrogen and oxygen atoms in total. The van der Waals surface area contributed by atoms with Crippen molar-refractivity contribution < 1.29 is 14.3 Å². The predicted molar refractivity (Wildman–Crippen MR) is 75.0 cm³/mol. The predicted octanol–water partition coefficient (Wildman–Crippen LogP) is 2.22. The molecular formula is C15H11FN2O3. The molecule has 0 saturated heterocycles. The van der Waals surface area contributed by atoms with Gasteiger partial charge in [0.15, 0.2) is 0 Å². The van der Waals surface area contributed by atoms with Gasteiger partial charge in [-0.2, -0.15) is 0 Å². The van der Waals surface area contributed by atoms with Crippen LogP contribution >= 0.6 is 0 Å². The minimum atomic E-state index is -1.05. The van der Waals surface area contributed by atoms with Crippen LogP contribution < -0.4 is 5.69 Å². The fourth-order valence-corrected chi connectivity index (χ4v) is 2.23. The summed E-state index contributed by atoms with van der Waals surface area (Å²) in [7, 11) is 0. The van der Waals surface area contributed by atoms with Crippen LogP contribution in [0.1, 0.15) is 15.9 Å². The molecule has 0 fully saturated rings. The second-order valence-electron chi connectivity index (χ2n) is 4.68. The van der Waals surface area contributed by atoms with Gasteiger partial charge in [0.25, 0.3) is 0 Å². The van der Waals surface area contributed by atoms with Gasteiger partial charge in [-0.15, -0.1) is 0 Å². The highest BCUT2D eigenvalue weighted by Gasteiger charge is 2.10. The van der Waals surface area contributed by atoms with Gasteiger partial charge in [0.1, 0.15) is 5.82 Å². The lowest BCUT2D eigenvalue weighted by Gasteiger charge is -2.04. The molecule has 0 spiro atoms. The van der Waals surface area contributed by atoms with Gasteiger partial charge in [0.2, 0.25) is 0 Å². The molecule has 6 heteroatoms. The molecule has 106 valence electrons. The van der Waals surface area contributed by atoms with E-state index in [4.69, 9.17) is 5.11 Å². The van der Waals surface area contributed by atoms with Crippen LogP contribution in [-0.4, -0.2) is 20.6 Å². The maximum atomic E-state index is 12.9. The number of halogens is 1. The zero-order valence-corrected chi connectivity index (χ0v) is 10.8. The topological polar surface area (TPSA) is 75.1 Å². The molecule has 0 unspecified atom stereocenters. The van der Waals surface area contributed by atoms with E-state index in [1.54, 1.807) is 18.2 Å². The maximum Gasteiger partial charge on any atom is 0.335 e. The van der Waals surface area contributed by atoms with E-state index in [1.807, 2.05) is 0 Å². The van der Waals surface area contributed by atoms with Crippen molar-refractivity contribution in [2.45, 2.75) is 6.54 Å². The molecule has 1 heterocycles. The first-order chi connectivity index (χ1) is 10.0. The molecule has 0 radical (unpaired) electrons. The molecule has 3 aromatic rings. The Balaban J connectivity index is 2.06. The van der Waals surface area contributed by atoms with Crippen LogP contribution in [0.5, 0.6) is 0 Å². The van der Waals surface area contributed by atoms with Crippen molar-refractivity contribution >= 4 is 17.0 Å². The third-order valence-electron chi connectivity index (χ3n) is 3.27. The van der Waals surface area contributed by atoms with Gasteiger partial charge in [0.05, 0.1) is 23.1 Å². The Morgan fingerprint density at radius 3 is 2.57 bits per heavy atom. The van der Waals surface area contributed by atoms with Crippen molar-refractivity contribution in [3.63, 3.8) is 0 Å². The number of aromatic carboxylic acids is 1. The summed E-state index contributed by atoms with van der Waals surface area (Å²) in [4.78, 5) is 25.5. The van der Waals surface area contributed by atoms with Crippen LogP contribution in [0.2, 0.25) is 0 Å². The number of carboxylic acid groups (broad SMARTS) is 1. The first-order valence-corrected chi connectivity index (χ1v) is 6.25. The van der Waals surface area contributed by atoms with Gasteiger partial charge in [-0.1, -0.05) is 12.1 Å². The van der Waals surface area contributed by atoms with Crippen molar-refractivity contribution in [3.8, 4) is 0 Å². The fraction of sp³-hybridized carbons (Fsp3) is 0.0667. The lowest BCUT2D eigenvalue weighted by molar-refractivity contribution is 0.0697. The molecule has 0 saturated carbocycles. The number of hydrogen-bond acceptors (Lipinski definition) is 2. The van der Waals surface area contributed by atoms with Gasteiger partial charge >= 0.3 is 11.7 Å². The Labute approximate surface area is 118 Å². The quantitative estimate of drug-likeness (QED) is 0.775. The van der Waals surface area contributed by atoms with Crippen LogP contribution in [-0.2, 0) is 6.54 Å². The Kier molecular flexibility index (Phi) is 3.06. The monoisotopic (exact) mass is 286 g/mol. The number of hydrogen-bond donors (Lipinski definition) is 2. The van der Waals surface area contributed by atoms with Gasteiger partial charge < -0.3 is 10.1 Å². The minimum Gasteiger partial charge on any atom is -0.478 e. The van der Waals surface area contributed by atoms with E-state index >= 15 is 0 Å². The summed E-state index contributed by atoms with van der Waals surface area (Å²) < 4.78 is 14.4. The van der Waals surface area contributed by atoms with E-state index in [0.29, 0.717) is 11.0 Å². The highest BCUT2D eigenvalue weighted by atomic mass is 19.1. The standard InChI is InChI=1S/C15H11FN2O3/c16-11-4-1-9(2-5-11)8-18-13-6-3-10(14(19)20)7-12(13)17-15(18)21/h1-7H,8H2,(H,17,21)(H,19,20). The van der Waals surface area contributed by atoms with Crippen molar-refractivity contribution in [2.75, 3.05) is 0 Å². The van der Waals surface area contributed by atoms with Crippen molar-refractivity contribution in [1.29, 1.82) is 0 Å². The van der Waals surface area contributed by atoms with Crippen LogP contribution in [0.25, 0.3) is 11.0 Å². The number of rotatable bonds is 3. The molecule has 21 heavy (non-hydrogen) atoms. The number of imidazole rings is 1. The summed E-state index contributed by atoms with van der Waals surface area (Å²) in [5.74, 6) is -1.39. The summed E-state index contributed by atoms with van der Waals surface area (Å²) in [5.41, 5.74) is 1.62. The van der Waals surface area contributed by atoms with E-state index < -0.39 is 5.97 Å². The summed E-state index contributed by atoms with van der Waals surface area (Å²) in [6.45, 7) is 0.283. The molecule has 2 aromatic carbocycles. The zero-order chi connectivity index (χ0) is 15.0. The Morgan fingerprint density at radius 2 is 1.90 bits per heavy atom. The largest absolute Gasteiger partial charge is 0.478 e. The number of benzene rings is 2. The third kappa shape index (κ3) is 2.43. The van der Waals surface area contributed by atoms with Crippen LogP contribution in [0, 0.1) is 5.82 Å². The van der Waals surface area contributed by atoms with E-state index in [1.165, 1.54) is 28.8 Å². The zero-order valence-electron chi connectivity index (χ0n) is 10.8. The first-order valence-electron chi connectivity index (χ1n) is 6.25. The Bertz CT molecular complexity index is 878. The second kappa shape index (κ2) is 4.90. The first kappa shape index (κ1) is 13.1. The molecule has 3 rings (SSSR count). The summed E-state index contributed by atoms with van der Waals surface area (Å²) in [6.07, 6.45) is 0. The Morgan fingerprint density at radius 1 is 1.19 bits per heavy atom. The maximum absolute atomic E-state index is 12.9. The number of nitrogens with one attached hydrogen (secondary N) is 1. The molecule has 0 atom stereocenters. The number of aromatic nitrogens is 2. The van der Waals surface area contributed by atoms with Gasteiger partial charge in [0, 0.05) is 0 Å². The highest BCUT2D eigenvalue weighted by molar-refractivity contribution is 5.92. The van der Waals surface area contributed by atoms with E-state index in [0.717, 1.165) is 5.56 Å². The molecule has 0 aliphatic rings. The van der Waals surface area contributed by atoms with E-state index in [9.17, 15) is 14.0 Å². The van der Waals surface area contributed by atoms with Crippen LogP contribution in [0.15, 0.2) is 47.3 Å².